The summed E-state index contributed by atoms with van der Waals surface area (Å²) in [4.78, 5) is 19.7. The molecule has 276 valence electrons. The first-order chi connectivity index (χ1) is 26.2. The van der Waals surface area contributed by atoms with Gasteiger partial charge in [0.05, 0.1) is 29.8 Å². The topological polar surface area (TPSA) is 138 Å². The number of nitrogens with one attached hydrogen (secondary N) is 2. The van der Waals surface area contributed by atoms with Crippen molar-refractivity contribution in [2.24, 2.45) is 4.99 Å². The Labute approximate surface area is 320 Å². The van der Waals surface area contributed by atoms with E-state index in [0.29, 0.717) is 41.6 Å². The maximum Gasteiger partial charge on any atom is 0.303 e. The maximum absolute atomic E-state index is 10.9. The summed E-state index contributed by atoms with van der Waals surface area (Å²) in [6.07, 6.45) is 3.73. The summed E-state index contributed by atoms with van der Waals surface area (Å²) in [7, 11) is 1.69. The molecule has 2 heterocycles. The maximum atomic E-state index is 10.9. The number of hydrogen-bond acceptors (Lipinski definition) is 9. The molecule has 0 saturated heterocycles. The first-order valence-corrected chi connectivity index (χ1v) is 18.1. The van der Waals surface area contributed by atoms with Crippen LogP contribution in [0.15, 0.2) is 90.2 Å². The van der Waals surface area contributed by atoms with Crippen molar-refractivity contribution in [3.05, 3.63) is 129 Å². The zero-order valence-electron chi connectivity index (χ0n) is 30.5. The number of aliphatic imine (C=N–C) groups is 1. The molecule has 0 amide bonds. The van der Waals surface area contributed by atoms with Crippen LogP contribution in [0.4, 0.5) is 0 Å². The number of aliphatic carboxylic acids is 1. The number of methoxy groups -OCH3 is 1. The third kappa shape index (κ3) is 9.00. The number of hydrogen-bond donors (Lipinski definition) is 3. The van der Waals surface area contributed by atoms with Gasteiger partial charge in [-0.05, 0) is 90.0 Å². The minimum atomic E-state index is -0.835. The van der Waals surface area contributed by atoms with Gasteiger partial charge < -0.3 is 30.0 Å². The number of carbonyl (C=O) groups is 1. The lowest BCUT2D eigenvalue weighted by Gasteiger charge is -2.18. The van der Waals surface area contributed by atoms with Crippen molar-refractivity contribution in [1.82, 2.24) is 15.6 Å². The molecule has 54 heavy (non-hydrogen) atoms. The summed E-state index contributed by atoms with van der Waals surface area (Å²) >= 11 is 6.79. The predicted molar refractivity (Wildman–Crippen MR) is 210 cm³/mol. The molecule has 0 aliphatic carbocycles. The van der Waals surface area contributed by atoms with Crippen LogP contribution in [0.1, 0.15) is 51.8 Å². The lowest BCUT2D eigenvalue weighted by molar-refractivity contribution is -0.137. The monoisotopic (exact) mass is 743 g/mol. The molecule has 1 aromatic heterocycles. The zero-order chi connectivity index (χ0) is 38.0. The van der Waals surface area contributed by atoms with Crippen LogP contribution in [0.2, 0.25) is 5.02 Å². The molecule has 0 radical (unpaired) electrons. The van der Waals surface area contributed by atoms with E-state index in [4.69, 9.17) is 30.9 Å². The van der Waals surface area contributed by atoms with Crippen LogP contribution < -0.4 is 24.8 Å². The van der Waals surface area contributed by atoms with Gasteiger partial charge in [0.2, 0.25) is 0 Å². The minimum absolute atomic E-state index is 0.0790. The Balaban J connectivity index is 1.23. The second-order valence-electron chi connectivity index (χ2n) is 13.0. The lowest BCUT2D eigenvalue weighted by Crippen LogP contribution is -2.20. The summed E-state index contributed by atoms with van der Waals surface area (Å²) in [5.74, 6) is 1.82. The first-order valence-electron chi connectivity index (χ1n) is 17.8. The van der Waals surface area contributed by atoms with Crippen molar-refractivity contribution in [3.8, 4) is 45.6 Å². The van der Waals surface area contributed by atoms with E-state index < -0.39 is 5.97 Å². The molecule has 1 aliphatic rings. The Bertz CT molecular complexity index is 2230. The molecule has 10 nitrogen and oxygen atoms in total. The molecule has 6 rings (SSSR count). The normalized spacial score (nSPS) is 12.1. The predicted octanol–water partition coefficient (Wildman–Crippen LogP) is 8.03. The number of pyridine rings is 1. The number of aromatic nitrogens is 1. The van der Waals surface area contributed by atoms with E-state index in [1.807, 2.05) is 6.07 Å². The molecule has 0 fully saturated rings. The Hall–Kier alpha value is -5.89. The van der Waals surface area contributed by atoms with Gasteiger partial charge in [0.1, 0.15) is 42.4 Å². The summed E-state index contributed by atoms with van der Waals surface area (Å²) in [6, 6.07) is 26.3. The quantitative estimate of drug-likeness (QED) is 0.0858. The van der Waals surface area contributed by atoms with Gasteiger partial charge in [0, 0.05) is 49.1 Å². The molecule has 0 spiro atoms. The van der Waals surface area contributed by atoms with E-state index in [2.05, 4.69) is 89.1 Å². The number of carboxylic acid groups (broad SMARTS) is 1. The fourth-order valence-electron chi connectivity index (χ4n) is 6.50. The Morgan fingerprint density at radius 2 is 1.69 bits per heavy atom. The largest absolute Gasteiger partial charge is 0.496 e. The molecule has 1 aliphatic heterocycles. The van der Waals surface area contributed by atoms with Gasteiger partial charge >= 0.3 is 5.97 Å². The number of amidine groups is 1. The smallest absolute Gasteiger partial charge is 0.303 e. The fraction of sp³-hybridized carbons (Fsp3) is 0.256. The van der Waals surface area contributed by atoms with E-state index in [0.717, 1.165) is 80.3 Å². The van der Waals surface area contributed by atoms with Crippen molar-refractivity contribution in [2.75, 3.05) is 26.7 Å². The van der Waals surface area contributed by atoms with Crippen LogP contribution in [-0.2, 0) is 24.6 Å². The number of rotatable bonds is 16. The number of nitriles is 1. The number of nitrogens with zero attached hydrogens (tertiary/aromatic N) is 3. The summed E-state index contributed by atoms with van der Waals surface area (Å²) < 4.78 is 18.4. The molecule has 0 atom stereocenters. The molecule has 4 aromatic carbocycles. The number of benzene rings is 4. The second kappa shape index (κ2) is 17.8. The highest BCUT2D eigenvalue weighted by Crippen LogP contribution is 2.38. The van der Waals surface area contributed by atoms with Crippen LogP contribution in [0.3, 0.4) is 0 Å². The van der Waals surface area contributed by atoms with Crippen molar-refractivity contribution in [1.29, 1.82) is 5.26 Å². The molecule has 0 saturated carbocycles. The minimum Gasteiger partial charge on any atom is -0.496 e. The Morgan fingerprint density at radius 1 is 0.907 bits per heavy atom. The Morgan fingerprint density at radius 3 is 2.44 bits per heavy atom. The Kier molecular flexibility index (Phi) is 12.4. The van der Waals surface area contributed by atoms with Crippen LogP contribution in [0.25, 0.3) is 22.3 Å². The first kappa shape index (κ1) is 37.9. The van der Waals surface area contributed by atoms with Gasteiger partial charge in [0.25, 0.3) is 0 Å². The van der Waals surface area contributed by atoms with Crippen molar-refractivity contribution in [2.45, 2.75) is 46.4 Å². The van der Waals surface area contributed by atoms with Crippen molar-refractivity contribution < 1.29 is 24.1 Å². The van der Waals surface area contributed by atoms with Crippen molar-refractivity contribution >= 4 is 23.4 Å². The van der Waals surface area contributed by atoms with E-state index in [-0.39, 0.29) is 19.6 Å². The van der Waals surface area contributed by atoms with Crippen LogP contribution in [0, 0.1) is 25.2 Å². The standard InChI is InChI=1S/C43H42ClN5O5/c1-27-32(7-4-9-35(27)36-10-5-8-34(28(36)2)31-12-13-37(40(19-31)52-3)43-48-15-16-49-43)26-54-41-20-39(53-25-30-17-29(21-45)22-47-23-30)33(18-38(41)44)24-46-14-6-11-42(50)51/h4-5,7-10,12-13,17-20,22-23,46H,6,11,14-16,24-26H2,1-3H3,(H,48,49)(H,50,51). The SMILES string of the molecule is COc1cc(-c2cccc(-c3cccc(COc4cc(OCc5cncc(C#N)c5)c(CNCCCC(=O)O)cc4Cl)c3C)c2C)ccc1C1=NCCN1. The number of carboxylic acids is 1. The summed E-state index contributed by atoms with van der Waals surface area (Å²) in [6.45, 7) is 7.21. The molecule has 0 unspecified atom stereocenters. The number of halogens is 1. The molecule has 3 N–H and O–H groups in total. The molecule has 5 aromatic rings. The van der Waals surface area contributed by atoms with Gasteiger partial charge in [-0.2, -0.15) is 5.26 Å². The highest BCUT2D eigenvalue weighted by atomic mass is 35.5. The van der Waals surface area contributed by atoms with E-state index in [9.17, 15) is 10.1 Å². The highest BCUT2D eigenvalue weighted by molar-refractivity contribution is 6.32. The van der Waals surface area contributed by atoms with Crippen molar-refractivity contribution in [3.63, 3.8) is 0 Å². The van der Waals surface area contributed by atoms with E-state index in [1.165, 1.54) is 6.20 Å². The van der Waals surface area contributed by atoms with Crippen LogP contribution in [-0.4, -0.2) is 48.6 Å². The average molecular weight is 744 g/mol. The van der Waals surface area contributed by atoms with Gasteiger partial charge in [-0.15, -0.1) is 0 Å². The zero-order valence-corrected chi connectivity index (χ0v) is 31.3. The molecular formula is C43H42ClN5O5. The lowest BCUT2D eigenvalue weighted by atomic mass is 9.89. The second-order valence-corrected chi connectivity index (χ2v) is 13.4. The fourth-order valence-corrected chi connectivity index (χ4v) is 6.74. The molecule has 0 bridgehead atoms. The third-order valence-corrected chi connectivity index (χ3v) is 9.68. The van der Waals surface area contributed by atoms with Gasteiger partial charge in [-0.1, -0.05) is 54.1 Å². The highest BCUT2D eigenvalue weighted by Gasteiger charge is 2.18. The van der Waals surface area contributed by atoms with Crippen LogP contribution in [0.5, 0.6) is 17.2 Å². The number of ether oxygens (including phenoxy) is 3. The van der Waals surface area contributed by atoms with Gasteiger partial charge in [-0.25, -0.2) is 0 Å². The molecular weight excluding hydrogens is 702 g/mol. The van der Waals surface area contributed by atoms with Crippen LogP contribution >= 0.6 is 11.6 Å². The van der Waals surface area contributed by atoms with E-state index >= 15 is 0 Å². The average Bonchev–Trinajstić information content (AvgIpc) is 3.72. The van der Waals surface area contributed by atoms with Gasteiger partial charge in [0.15, 0.2) is 0 Å². The summed E-state index contributed by atoms with van der Waals surface area (Å²) in [5, 5.41) is 25.3. The molecule has 11 heteroatoms. The van der Waals surface area contributed by atoms with E-state index in [1.54, 1.807) is 31.5 Å². The third-order valence-electron chi connectivity index (χ3n) is 9.39. The summed E-state index contributed by atoms with van der Waals surface area (Å²) in [5.41, 5.74) is 10.6. The van der Waals surface area contributed by atoms with Gasteiger partial charge in [-0.3, -0.25) is 14.8 Å².